The van der Waals surface area contributed by atoms with E-state index in [0.29, 0.717) is 34.4 Å². The molecule has 0 aliphatic carbocycles. The van der Waals surface area contributed by atoms with Gasteiger partial charge in [-0.25, -0.2) is 14.8 Å². The molecule has 2 aromatic heterocycles. The molecule has 5 aromatic rings. The molecule has 0 aliphatic heterocycles. The molecule has 5 rings (SSSR count). The Labute approximate surface area is 225 Å². The first kappa shape index (κ1) is 25.3. The van der Waals surface area contributed by atoms with Crippen LogP contribution >= 0.6 is 15.9 Å². The maximum Gasteiger partial charge on any atom is 0.420 e. The largest absolute Gasteiger partial charge is 0.497 e. The van der Waals surface area contributed by atoms with Crippen LogP contribution in [0.1, 0.15) is 5.56 Å². The number of benzene rings is 3. The minimum Gasteiger partial charge on any atom is -0.497 e. The molecule has 0 spiro atoms. The Morgan fingerprint density at radius 1 is 1.05 bits per heavy atom. The van der Waals surface area contributed by atoms with Crippen LogP contribution in [0.25, 0.3) is 22.0 Å². The van der Waals surface area contributed by atoms with Gasteiger partial charge in [0.1, 0.15) is 42.2 Å². The molecule has 10 nitrogen and oxygen atoms in total. The molecule has 0 amide bonds. The van der Waals surface area contributed by atoms with Gasteiger partial charge in [0, 0.05) is 17.1 Å². The highest BCUT2D eigenvalue weighted by Crippen LogP contribution is 2.28. The van der Waals surface area contributed by atoms with Crippen LogP contribution in [0.5, 0.6) is 11.5 Å². The Kier molecular flexibility index (Phi) is 7.55. The normalized spacial score (nSPS) is 11.0. The highest BCUT2D eigenvalue weighted by molar-refractivity contribution is 9.09. The number of anilines is 2. The number of rotatable bonds is 10. The van der Waals surface area contributed by atoms with Gasteiger partial charge < -0.3 is 23.9 Å². The summed E-state index contributed by atoms with van der Waals surface area (Å²) in [6.45, 7) is 0.635. The molecule has 3 aromatic carbocycles. The van der Waals surface area contributed by atoms with Crippen LogP contribution in [0.4, 0.5) is 11.5 Å². The van der Waals surface area contributed by atoms with Crippen molar-refractivity contribution in [2.75, 3.05) is 24.4 Å². The Hall–Kier alpha value is -4.38. The molecule has 0 aliphatic rings. The van der Waals surface area contributed by atoms with Gasteiger partial charge in [0.25, 0.3) is 0 Å². The Morgan fingerprint density at radius 3 is 2.55 bits per heavy atom. The van der Waals surface area contributed by atoms with Gasteiger partial charge >= 0.3 is 11.7 Å². The molecule has 0 atom stereocenters. The van der Waals surface area contributed by atoms with E-state index in [9.17, 15) is 9.59 Å². The van der Waals surface area contributed by atoms with E-state index in [1.807, 2.05) is 48.5 Å². The second-order valence-electron chi connectivity index (χ2n) is 8.22. The van der Waals surface area contributed by atoms with E-state index in [0.717, 1.165) is 22.7 Å². The zero-order valence-corrected chi connectivity index (χ0v) is 21.9. The van der Waals surface area contributed by atoms with Crippen molar-refractivity contribution in [3.05, 3.63) is 83.1 Å². The molecule has 11 heteroatoms. The number of ether oxygens (including phenoxy) is 3. The summed E-state index contributed by atoms with van der Waals surface area (Å²) < 4.78 is 23.0. The summed E-state index contributed by atoms with van der Waals surface area (Å²) >= 11 is 3.04. The number of alkyl halides is 1. The lowest BCUT2D eigenvalue weighted by Gasteiger charge is -2.11. The van der Waals surface area contributed by atoms with Gasteiger partial charge in [-0.3, -0.25) is 9.36 Å². The van der Waals surface area contributed by atoms with Crippen LogP contribution < -0.4 is 20.5 Å². The molecule has 2 heterocycles. The standard InChI is InChI=1S/C27H23BrN4O6/c1-35-19-6-2-17(3-7-19)15-37-20-8-4-18(5-9-20)31-26-21-12-23-24(13-22(21)29-16-30-26)38-27(34)32(23)10-11-36-25(33)14-28/h2-9,12-13,16H,10-11,14-15H2,1H3,(H,29,30,31). The molecular formula is C27H23BrN4O6. The van der Waals surface area contributed by atoms with E-state index in [1.54, 1.807) is 19.2 Å². The summed E-state index contributed by atoms with van der Waals surface area (Å²) in [6, 6.07) is 18.7. The van der Waals surface area contributed by atoms with E-state index in [1.165, 1.54) is 10.9 Å². The number of carbonyl (C=O) groups excluding carboxylic acids is 1. The number of methoxy groups -OCH3 is 1. The Morgan fingerprint density at radius 2 is 1.82 bits per heavy atom. The molecule has 0 saturated carbocycles. The highest BCUT2D eigenvalue weighted by atomic mass is 79.9. The van der Waals surface area contributed by atoms with Gasteiger partial charge in [-0.15, -0.1) is 0 Å². The minimum atomic E-state index is -0.544. The maximum atomic E-state index is 12.4. The van der Waals surface area contributed by atoms with Gasteiger partial charge in [0.05, 0.1) is 24.7 Å². The molecular weight excluding hydrogens is 556 g/mol. The number of halogens is 1. The van der Waals surface area contributed by atoms with Crippen LogP contribution in [0.3, 0.4) is 0 Å². The lowest BCUT2D eigenvalue weighted by atomic mass is 10.2. The average molecular weight is 579 g/mol. The smallest absolute Gasteiger partial charge is 0.420 e. The quantitative estimate of drug-likeness (QED) is 0.184. The number of esters is 1. The van der Waals surface area contributed by atoms with E-state index >= 15 is 0 Å². The molecule has 1 N–H and O–H groups in total. The van der Waals surface area contributed by atoms with Crippen LogP contribution in [0.15, 0.2) is 76.2 Å². The predicted molar refractivity (Wildman–Crippen MR) is 145 cm³/mol. The first-order valence-corrected chi connectivity index (χ1v) is 12.8. The van der Waals surface area contributed by atoms with Gasteiger partial charge in [0.15, 0.2) is 5.58 Å². The third kappa shape index (κ3) is 5.62. The van der Waals surface area contributed by atoms with Crippen LogP contribution in [0.2, 0.25) is 0 Å². The summed E-state index contributed by atoms with van der Waals surface area (Å²) in [5, 5.41) is 4.09. The summed E-state index contributed by atoms with van der Waals surface area (Å²) in [7, 11) is 1.63. The van der Waals surface area contributed by atoms with Crippen molar-refractivity contribution in [3.8, 4) is 11.5 Å². The number of hydrogen-bond acceptors (Lipinski definition) is 9. The lowest BCUT2D eigenvalue weighted by Crippen LogP contribution is -2.19. The Balaban J connectivity index is 1.33. The molecule has 0 fully saturated rings. The third-order valence-electron chi connectivity index (χ3n) is 5.79. The number of carbonyl (C=O) groups is 1. The molecule has 194 valence electrons. The lowest BCUT2D eigenvalue weighted by molar-refractivity contribution is -0.140. The van der Waals surface area contributed by atoms with Gasteiger partial charge in [-0.1, -0.05) is 28.1 Å². The van der Waals surface area contributed by atoms with Crippen molar-refractivity contribution in [2.24, 2.45) is 0 Å². The van der Waals surface area contributed by atoms with E-state index in [4.69, 9.17) is 18.6 Å². The fourth-order valence-electron chi connectivity index (χ4n) is 3.87. The van der Waals surface area contributed by atoms with Gasteiger partial charge in [-0.2, -0.15) is 0 Å². The first-order valence-electron chi connectivity index (χ1n) is 11.7. The molecule has 0 bridgehead atoms. The fourth-order valence-corrected chi connectivity index (χ4v) is 4.03. The number of fused-ring (bicyclic) bond motifs is 2. The van der Waals surface area contributed by atoms with Gasteiger partial charge in [0.2, 0.25) is 0 Å². The highest BCUT2D eigenvalue weighted by Gasteiger charge is 2.14. The van der Waals surface area contributed by atoms with Crippen molar-refractivity contribution in [1.29, 1.82) is 0 Å². The fraction of sp³-hybridized carbons (Fsp3) is 0.185. The zero-order valence-electron chi connectivity index (χ0n) is 20.3. The van der Waals surface area contributed by atoms with Gasteiger partial charge in [-0.05, 0) is 48.0 Å². The number of nitrogens with one attached hydrogen (secondary N) is 1. The summed E-state index contributed by atoms with van der Waals surface area (Å²) in [5.41, 5.74) is 3.38. The number of aromatic nitrogens is 3. The number of nitrogens with zero attached hydrogens (tertiary/aromatic N) is 3. The molecule has 0 radical (unpaired) electrons. The second-order valence-corrected chi connectivity index (χ2v) is 8.78. The van der Waals surface area contributed by atoms with Crippen molar-refractivity contribution in [3.63, 3.8) is 0 Å². The first-order chi connectivity index (χ1) is 18.5. The van der Waals surface area contributed by atoms with Crippen molar-refractivity contribution in [1.82, 2.24) is 14.5 Å². The van der Waals surface area contributed by atoms with Crippen LogP contribution in [-0.4, -0.2) is 39.6 Å². The number of hydrogen-bond donors (Lipinski definition) is 1. The summed E-state index contributed by atoms with van der Waals surface area (Å²) in [5.74, 6) is 1.14. The van der Waals surface area contributed by atoms with Crippen LogP contribution in [-0.2, 0) is 22.7 Å². The van der Waals surface area contributed by atoms with E-state index in [2.05, 4.69) is 31.2 Å². The summed E-state index contributed by atoms with van der Waals surface area (Å²) in [6.07, 6.45) is 1.44. The second kappa shape index (κ2) is 11.3. The topological polar surface area (TPSA) is 118 Å². The van der Waals surface area contributed by atoms with Crippen LogP contribution in [0, 0.1) is 0 Å². The predicted octanol–water partition coefficient (Wildman–Crippen LogP) is 4.81. The average Bonchev–Trinajstić information content (AvgIpc) is 3.25. The summed E-state index contributed by atoms with van der Waals surface area (Å²) in [4.78, 5) is 32.6. The van der Waals surface area contributed by atoms with Crippen molar-refractivity contribution >= 4 is 55.4 Å². The molecule has 0 saturated heterocycles. The van der Waals surface area contributed by atoms with E-state index in [-0.39, 0.29) is 18.5 Å². The SMILES string of the molecule is COc1ccc(COc2ccc(Nc3ncnc4cc5oc(=O)n(CCOC(=O)CBr)c5cc34)cc2)cc1. The molecule has 0 unspecified atom stereocenters. The monoisotopic (exact) mass is 578 g/mol. The minimum absolute atomic E-state index is 0.0420. The van der Waals surface area contributed by atoms with Crippen molar-refractivity contribution in [2.45, 2.75) is 13.2 Å². The number of oxazole rings is 1. The molecule has 38 heavy (non-hydrogen) atoms. The third-order valence-corrected chi connectivity index (χ3v) is 6.25. The Bertz CT molecular complexity index is 1630. The zero-order chi connectivity index (χ0) is 26.5. The maximum absolute atomic E-state index is 12.4. The van der Waals surface area contributed by atoms with E-state index < -0.39 is 11.7 Å². The van der Waals surface area contributed by atoms with Crippen molar-refractivity contribution < 1.29 is 23.4 Å².